The van der Waals surface area contributed by atoms with Crippen LogP contribution < -0.4 is 4.74 Å². The van der Waals surface area contributed by atoms with Crippen molar-refractivity contribution in [3.63, 3.8) is 0 Å². The summed E-state index contributed by atoms with van der Waals surface area (Å²) >= 11 is 3.52. The van der Waals surface area contributed by atoms with Crippen molar-refractivity contribution in [2.75, 3.05) is 26.2 Å². The lowest BCUT2D eigenvalue weighted by atomic mass is 10.1. The molecule has 17 heavy (non-hydrogen) atoms. The van der Waals surface area contributed by atoms with Crippen molar-refractivity contribution in [1.29, 1.82) is 0 Å². The Hall–Kier alpha value is -0.540. The van der Waals surface area contributed by atoms with Crippen molar-refractivity contribution in [2.45, 2.75) is 26.2 Å². The van der Waals surface area contributed by atoms with Gasteiger partial charge in [-0.25, -0.2) is 0 Å². The average Bonchev–Trinajstić information content (AvgIpc) is 2.36. The molecule has 1 aliphatic heterocycles. The van der Waals surface area contributed by atoms with Crippen LogP contribution in [-0.4, -0.2) is 31.1 Å². The lowest BCUT2D eigenvalue weighted by Crippen LogP contribution is -2.33. The van der Waals surface area contributed by atoms with Crippen molar-refractivity contribution >= 4 is 15.9 Å². The molecule has 3 heteroatoms. The maximum absolute atomic E-state index is 5.85. The van der Waals surface area contributed by atoms with E-state index >= 15 is 0 Å². The Morgan fingerprint density at radius 1 is 1.24 bits per heavy atom. The van der Waals surface area contributed by atoms with Crippen LogP contribution in [0, 0.1) is 6.92 Å². The van der Waals surface area contributed by atoms with Gasteiger partial charge in [0.25, 0.3) is 0 Å². The van der Waals surface area contributed by atoms with Crippen LogP contribution in [-0.2, 0) is 0 Å². The number of nitrogens with zero attached hydrogens (tertiary/aromatic N) is 1. The molecule has 2 rings (SSSR count). The van der Waals surface area contributed by atoms with Gasteiger partial charge in [0.15, 0.2) is 0 Å². The number of rotatable bonds is 4. The second-order valence-corrected chi connectivity index (χ2v) is 5.47. The van der Waals surface area contributed by atoms with Crippen LogP contribution in [0.1, 0.15) is 24.8 Å². The fraction of sp³-hybridized carbons (Fsp3) is 0.571. The highest BCUT2D eigenvalue weighted by Crippen LogP contribution is 2.25. The first-order valence-electron chi connectivity index (χ1n) is 6.37. The van der Waals surface area contributed by atoms with Crippen LogP contribution in [0.3, 0.4) is 0 Å². The Labute approximate surface area is 112 Å². The molecule has 0 aliphatic carbocycles. The third kappa shape index (κ3) is 3.71. The predicted octanol–water partition coefficient (Wildman–Crippen LogP) is 3.62. The number of ether oxygens (including phenoxy) is 1. The zero-order valence-corrected chi connectivity index (χ0v) is 12.0. The van der Waals surface area contributed by atoms with Crippen molar-refractivity contribution < 1.29 is 4.74 Å². The number of likely N-dealkylation sites (tertiary alicyclic amines) is 1. The van der Waals surface area contributed by atoms with Crippen LogP contribution in [0.15, 0.2) is 22.7 Å². The van der Waals surface area contributed by atoms with Gasteiger partial charge >= 0.3 is 0 Å². The molecule has 1 aromatic rings. The third-order valence-corrected chi connectivity index (χ3v) is 4.19. The summed E-state index contributed by atoms with van der Waals surface area (Å²) in [4.78, 5) is 2.50. The summed E-state index contributed by atoms with van der Waals surface area (Å²) in [6.45, 7) is 6.39. The standard InChI is InChI=1S/C14H20BrNO/c1-12-13(15)6-5-7-14(12)17-11-10-16-8-3-2-4-9-16/h5-7H,2-4,8-11H2,1H3. The van der Waals surface area contributed by atoms with Crippen LogP contribution >= 0.6 is 15.9 Å². The van der Waals surface area contributed by atoms with Crippen LogP contribution in [0.25, 0.3) is 0 Å². The van der Waals surface area contributed by atoms with E-state index in [1.807, 2.05) is 18.2 Å². The summed E-state index contributed by atoms with van der Waals surface area (Å²) in [5.74, 6) is 0.997. The Kier molecular flexibility index (Phi) is 4.86. The fourth-order valence-corrected chi connectivity index (χ4v) is 2.56. The first-order chi connectivity index (χ1) is 8.27. The molecule has 2 nitrogen and oxygen atoms in total. The molecule has 0 unspecified atom stereocenters. The lowest BCUT2D eigenvalue weighted by Gasteiger charge is -2.26. The van der Waals surface area contributed by atoms with Gasteiger partial charge < -0.3 is 4.74 Å². The van der Waals surface area contributed by atoms with E-state index in [2.05, 4.69) is 27.8 Å². The number of benzene rings is 1. The average molecular weight is 298 g/mol. The molecule has 0 bridgehead atoms. The van der Waals surface area contributed by atoms with Crippen LogP contribution in [0.2, 0.25) is 0 Å². The molecule has 1 heterocycles. The zero-order chi connectivity index (χ0) is 12.1. The first-order valence-corrected chi connectivity index (χ1v) is 7.17. The molecule has 0 atom stereocenters. The van der Waals surface area contributed by atoms with E-state index in [1.165, 1.54) is 37.9 Å². The Balaban J connectivity index is 1.79. The summed E-state index contributed by atoms with van der Waals surface area (Å²) in [5, 5.41) is 0. The summed E-state index contributed by atoms with van der Waals surface area (Å²) in [7, 11) is 0. The van der Waals surface area contributed by atoms with Gasteiger partial charge in [0, 0.05) is 16.6 Å². The minimum Gasteiger partial charge on any atom is -0.492 e. The van der Waals surface area contributed by atoms with E-state index in [-0.39, 0.29) is 0 Å². The zero-order valence-electron chi connectivity index (χ0n) is 10.4. The van der Waals surface area contributed by atoms with Crippen molar-refractivity contribution in [2.24, 2.45) is 0 Å². The van der Waals surface area contributed by atoms with Gasteiger partial charge in [-0.1, -0.05) is 28.4 Å². The normalized spacial score (nSPS) is 17.1. The van der Waals surface area contributed by atoms with Gasteiger partial charge in [-0.15, -0.1) is 0 Å². The summed E-state index contributed by atoms with van der Waals surface area (Å²) < 4.78 is 6.97. The van der Waals surface area contributed by atoms with E-state index < -0.39 is 0 Å². The molecule has 1 saturated heterocycles. The van der Waals surface area contributed by atoms with Gasteiger partial charge in [-0.3, -0.25) is 4.90 Å². The third-order valence-electron chi connectivity index (χ3n) is 3.33. The lowest BCUT2D eigenvalue weighted by molar-refractivity contribution is 0.183. The van der Waals surface area contributed by atoms with Gasteiger partial charge in [0.05, 0.1) is 0 Å². The highest BCUT2D eigenvalue weighted by atomic mass is 79.9. The van der Waals surface area contributed by atoms with Gasteiger partial charge in [-0.05, 0) is 45.0 Å². The SMILES string of the molecule is Cc1c(Br)cccc1OCCN1CCCCC1. The summed E-state index contributed by atoms with van der Waals surface area (Å²) in [6, 6.07) is 6.11. The first kappa shape index (κ1) is 12.9. The van der Waals surface area contributed by atoms with Crippen LogP contribution in [0.5, 0.6) is 5.75 Å². The predicted molar refractivity (Wildman–Crippen MR) is 74.7 cm³/mol. The van der Waals surface area contributed by atoms with E-state index in [1.54, 1.807) is 0 Å². The summed E-state index contributed by atoms with van der Waals surface area (Å²) in [5.41, 5.74) is 1.19. The Morgan fingerprint density at radius 3 is 2.76 bits per heavy atom. The minimum absolute atomic E-state index is 0.789. The highest BCUT2D eigenvalue weighted by molar-refractivity contribution is 9.10. The number of hydrogen-bond acceptors (Lipinski definition) is 2. The molecule has 0 aromatic heterocycles. The Bertz CT molecular complexity index is 361. The second kappa shape index (κ2) is 6.41. The van der Waals surface area contributed by atoms with E-state index in [9.17, 15) is 0 Å². The summed E-state index contributed by atoms with van der Waals surface area (Å²) in [6.07, 6.45) is 4.08. The maximum Gasteiger partial charge on any atom is 0.123 e. The highest BCUT2D eigenvalue weighted by Gasteiger charge is 2.10. The molecule has 1 fully saturated rings. The van der Waals surface area contributed by atoms with Crippen molar-refractivity contribution in [3.05, 3.63) is 28.2 Å². The maximum atomic E-state index is 5.85. The molecular formula is C14H20BrNO. The molecule has 1 aliphatic rings. The molecule has 0 spiro atoms. The molecular weight excluding hydrogens is 278 g/mol. The molecule has 94 valence electrons. The molecule has 0 radical (unpaired) electrons. The van der Waals surface area contributed by atoms with Gasteiger partial charge in [-0.2, -0.15) is 0 Å². The molecule has 0 amide bonds. The van der Waals surface area contributed by atoms with Gasteiger partial charge in [0.1, 0.15) is 12.4 Å². The number of halogens is 1. The van der Waals surface area contributed by atoms with E-state index in [0.717, 1.165) is 23.4 Å². The second-order valence-electron chi connectivity index (χ2n) is 4.61. The minimum atomic E-state index is 0.789. The van der Waals surface area contributed by atoms with E-state index in [4.69, 9.17) is 4.74 Å². The monoisotopic (exact) mass is 297 g/mol. The van der Waals surface area contributed by atoms with E-state index in [0.29, 0.717) is 0 Å². The topological polar surface area (TPSA) is 12.5 Å². The smallest absolute Gasteiger partial charge is 0.123 e. The van der Waals surface area contributed by atoms with Gasteiger partial charge in [0.2, 0.25) is 0 Å². The van der Waals surface area contributed by atoms with Crippen LogP contribution in [0.4, 0.5) is 0 Å². The quantitative estimate of drug-likeness (QED) is 0.842. The molecule has 1 aromatic carbocycles. The Morgan fingerprint density at radius 2 is 2.00 bits per heavy atom. The largest absolute Gasteiger partial charge is 0.492 e. The molecule has 0 N–H and O–H groups in total. The fourth-order valence-electron chi connectivity index (χ4n) is 2.21. The number of hydrogen-bond donors (Lipinski definition) is 0. The number of piperidine rings is 1. The van der Waals surface area contributed by atoms with Crippen molar-refractivity contribution in [3.8, 4) is 5.75 Å². The van der Waals surface area contributed by atoms with Crippen molar-refractivity contribution in [1.82, 2.24) is 4.90 Å². The molecule has 0 saturated carbocycles.